The highest BCUT2D eigenvalue weighted by Crippen LogP contribution is 2.24. The number of hydrogen-bond acceptors (Lipinski definition) is 6. The fourth-order valence-corrected chi connectivity index (χ4v) is 5.90. The number of ether oxygens (including phenoxy) is 1. The van der Waals surface area contributed by atoms with E-state index >= 15 is 0 Å². The van der Waals surface area contributed by atoms with E-state index in [9.17, 15) is 24.0 Å². The summed E-state index contributed by atoms with van der Waals surface area (Å²) in [4.78, 5) is 66.6. The standard InChI is InChI=1S/C40H40N2O6/c1-27-39(46)42-35(20-18-30-14-8-16-32(22-30)33-17-9-15-31(24-33)26-48-40(47)41-27)37(44)25-34(23-29-12-6-3-7-13-29)38(45)36(43)21-19-28-10-4-2-5-11-28/h2-17,22,24,27,34-35H,18-21,23,25-26H2,1H3,(H,41,47)(H,42,46)/t27-,34+,35-/m0/s1. The Bertz CT molecular complexity index is 1750. The van der Waals surface area contributed by atoms with E-state index in [4.69, 9.17) is 4.74 Å². The molecule has 0 fully saturated rings. The van der Waals surface area contributed by atoms with Gasteiger partial charge in [-0.2, -0.15) is 0 Å². The van der Waals surface area contributed by atoms with E-state index in [1.807, 2.05) is 109 Å². The van der Waals surface area contributed by atoms with Crippen LogP contribution in [0.1, 0.15) is 48.4 Å². The summed E-state index contributed by atoms with van der Waals surface area (Å²) in [5.41, 5.74) is 5.49. The van der Waals surface area contributed by atoms with E-state index in [0.717, 1.165) is 33.4 Å². The van der Waals surface area contributed by atoms with Gasteiger partial charge in [0.2, 0.25) is 11.7 Å². The van der Waals surface area contributed by atoms with Gasteiger partial charge in [0.25, 0.3) is 0 Å². The molecular weight excluding hydrogens is 604 g/mol. The van der Waals surface area contributed by atoms with Crippen LogP contribution in [0.15, 0.2) is 109 Å². The highest BCUT2D eigenvalue weighted by molar-refractivity contribution is 6.38. The molecule has 0 aliphatic carbocycles. The highest BCUT2D eigenvalue weighted by atomic mass is 16.5. The van der Waals surface area contributed by atoms with Gasteiger partial charge in [-0.05, 0) is 72.1 Å². The molecule has 5 rings (SSSR count). The molecule has 0 saturated carbocycles. The van der Waals surface area contributed by atoms with E-state index in [0.29, 0.717) is 12.8 Å². The van der Waals surface area contributed by atoms with Gasteiger partial charge in [0.05, 0.1) is 6.04 Å². The number of ketones is 3. The van der Waals surface area contributed by atoms with Crippen LogP contribution in [0, 0.1) is 5.92 Å². The Morgan fingerprint density at radius 2 is 1.40 bits per heavy atom. The lowest BCUT2D eigenvalue weighted by Gasteiger charge is -2.23. The maximum Gasteiger partial charge on any atom is 0.408 e. The molecule has 0 radical (unpaired) electrons. The lowest BCUT2D eigenvalue weighted by molar-refractivity contribution is -0.140. The van der Waals surface area contributed by atoms with Crippen LogP contribution >= 0.6 is 0 Å². The maximum atomic E-state index is 14.0. The average Bonchev–Trinajstić information content (AvgIpc) is 3.11. The van der Waals surface area contributed by atoms with Crippen molar-refractivity contribution in [3.05, 3.63) is 131 Å². The summed E-state index contributed by atoms with van der Waals surface area (Å²) in [5, 5.41) is 5.35. The number of Topliss-reactive ketones (excluding diaryl/α,β-unsaturated/α-hetero) is 3. The lowest BCUT2D eigenvalue weighted by Crippen LogP contribution is -2.51. The second-order valence-electron chi connectivity index (χ2n) is 12.3. The fraction of sp³-hybridized carbons (Fsp3) is 0.275. The number of alkyl carbamates (subject to hydrolysis) is 1. The minimum absolute atomic E-state index is 0.0235. The van der Waals surface area contributed by atoms with Gasteiger partial charge in [0.15, 0.2) is 11.6 Å². The van der Waals surface area contributed by atoms with Gasteiger partial charge in [0.1, 0.15) is 12.6 Å². The van der Waals surface area contributed by atoms with Crippen LogP contribution in [0.4, 0.5) is 4.79 Å². The molecule has 48 heavy (non-hydrogen) atoms. The van der Waals surface area contributed by atoms with Crippen LogP contribution in [0.5, 0.6) is 0 Å². The predicted molar refractivity (Wildman–Crippen MR) is 183 cm³/mol. The Hall–Kier alpha value is -5.37. The number of rotatable bonds is 10. The number of fused-ring (bicyclic) bond motifs is 5. The van der Waals surface area contributed by atoms with E-state index in [2.05, 4.69) is 10.6 Å². The lowest BCUT2D eigenvalue weighted by atomic mass is 9.85. The highest BCUT2D eigenvalue weighted by Gasteiger charge is 2.32. The van der Waals surface area contributed by atoms with Crippen molar-refractivity contribution >= 4 is 29.4 Å². The Kier molecular flexibility index (Phi) is 11.6. The molecule has 0 saturated heterocycles. The molecular formula is C40H40N2O6. The smallest absolute Gasteiger partial charge is 0.408 e. The summed E-state index contributed by atoms with van der Waals surface area (Å²) >= 11 is 0. The number of nitrogens with one attached hydrogen (secondary N) is 2. The number of amides is 2. The van der Waals surface area contributed by atoms with Crippen molar-refractivity contribution in [1.82, 2.24) is 10.6 Å². The van der Waals surface area contributed by atoms with Crippen molar-refractivity contribution in [1.29, 1.82) is 0 Å². The van der Waals surface area contributed by atoms with Crippen molar-refractivity contribution in [2.45, 2.75) is 64.1 Å². The zero-order valence-corrected chi connectivity index (χ0v) is 27.0. The SMILES string of the molecule is C[C@@H]1NC(=O)OCc2cccc(c2)-c2cccc(c2)CC[C@@H](C(=O)C[C@@H](Cc2ccccc2)C(=O)C(=O)CCc2ccccc2)NC1=O. The van der Waals surface area contributed by atoms with Crippen LogP contribution in [0.25, 0.3) is 11.1 Å². The quantitative estimate of drug-likeness (QED) is 0.205. The first-order valence-corrected chi connectivity index (χ1v) is 16.3. The molecule has 246 valence electrons. The summed E-state index contributed by atoms with van der Waals surface area (Å²) in [5.74, 6) is -2.91. The van der Waals surface area contributed by atoms with E-state index in [1.54, 1.807) is 0 Å². The molecule has 2 N–H and O–H groups in total. The minimum atomic E-state index is -0.989. The zero-order chi connectivity index (χ0) is 33.9. The van der Waals surface area contributed by atoms with Gasteiger partial charge >= 0.3 is 6.09 Å². The summed E-state index contributed by atoms with van der Waals surface area (Å²) in [6.07, 6.45) is 0.442. The van der Waals surface area contributed by atoms with Gasteiger partial charge in [-0.15, -0.1) is 0 Å². The van der Waals surface area contributed by atoms with Crippen molar-refractivity contribution in [3.63, 3.8) is 0 Å². The van der Waals surface area contributed by atoms with Gasteiger partial charge < -0.3 is 15.4 Å². The van der Waals surface area contributed by atoms with Gasteiger partial charge in [-0.25, -0.2) is 4.79 Å². The molecule has 1 heterocycles. The van der Waals surface area contributed by atoms with E-state index in [-0.39, 0.29) is 38.1 Å². The molecule has 8 heteroatoms. The van der Waals surface area contributed by atoms with Crippen LogP contribution in [-0.4, -0.2) is 41.4 Å². The third kappa shape index (κ3) is 9.58. The van der Waals surface area contributed by atoms with Gasteiger partial charge in [-0.3, -0.25) is 19.2 Å². The third-order valence-corrected chi connectivity index (χ3v) is 8.61. The Balaban J connectivity index is 1.38. The van der Waals surface area contributed by atoms with Crippen molar-refractivity contribution in [2.24, 2.45) is 5.92 Å². The molecule has 4 aromatic carbocycles. The largest absolute Gasteiger partial charge is 0.445 e. The molecule has 1 aliphatic rings. The number of aryl methyl sites for hydroxylation is 2. The summed E-state index contributed by atoms with van der Waals surface area (Å²) in [6.45, 7) is 1.54. The molecule has 0 aromatic heterocycles. The molecule has 8 nitrogen and oxygen atoms in total. The van der Waals surface area contributed by atoms with Gasteiger partial charge in [-0.1, -0.05) is 103 Å². The summed E-state index contributed by atoms with van der Waals surface area (Å²) in [6, 6.07) is 32.4. The first-order chi connectivity index (χ1) is 23.2. The van der Waals surface area contributed by atoms with Crippen molar-refractivity contribution < 1.29 is 28.7 Å². The molecule has 2 amide bonds. The maximum absolute atomic E-state index is 14.0. The van der Waals surface area contributed by atoms with Gasteiger partial charge in [0, 0.05) is 18.8 Å². The fourth-order valence-electron chi connectivity index (χ4n) is 5.90. The van der Waals surface area contributed by atoms with E-state index < -0.39 is 41.6 Å². The zero-order valence-electron chi connectivity index (χ0n) is 27.0. The summed E-state index contributed by atoms with van der Waals surface area (Å²) in [7, 11) is 0. The molecule has 0 unspecified atom stereocenters. The average molecular weight is 645 g/mol. The second-order valence-corrected chi connectivity index (χ2v) is 12.3. The topological polar surface area (TPSA) is 119 Å². The molecule has 3 atom stereocenters. The van der Waals surface area contributed by atoms with E-state index in [1.165, 1.54) is 6.92 Å². The number of cyclic esters (lactones) is 1. The predicted octanol–water partition coefficient (Wildman–Crippen LogP) is 5.99. The van der Waals surface area contributed by atoms with Crippen LogP contribution < -0.4 is 10.6 Å². The third-order valence-electron chi connectivity index (χ3n) is 8.61. The Morgan fingerprint density at radius 1 is 0.771 bits per heavy atom. The molecule has 1 aliphatic heterocycles. The monoisotopic (exact) mass is 644 g/mol. The van der Waals surface area contributed by atoms with Crippen LogP contribution in [-0.2, 0) is 49.8 Å². The number of hydrogen-bond donors (Lipinski definition) is 2. The number of carbonyl (C=O) groups is 5. The molecule has 4 bridgehead atoms. The first-order valence-electron chi connectivity index (χ1n) is 16.3. The Labute approximate surface area is 280 Å². The molecule has 4 aromatic rings. The second kappa shape index (κ2) is 16.5. The Morgan fingerprint density at radius 3 is 2.08 bits per heavy atom. The number of carbonyl (C=O) groups excluding carboxylic acids is 5. The normalized spacial score (nSPS) is 17.3. The van der Waals surface area contributed by atoms with Crippen molar-refractivity contribution in [3.8, 4) is 11.1 Å². The first kappa shape index (κ1) is 34.0. The van der Waals surface area contributed by atoms with Crippen LogP contribution in [0.3, 0.4) is 0 Å². The number of benzene rings is 4. The van der Waals surface area contributed by atoms with Crippen molar-refractivity contribution in [2.75, 3.05) is 0 Å². The minimum Gasteiger partial charge on any atom is -0.445 e. The molecule has 0 spiro atoms. The summed E-state index contributed by atoms with van der Waals surface area (Å²) < 4.78 is 5.37. The van der Waals surface area contributed by atoms with Crippen LogP contribution in [0.2, 0.25) is 0 Å².